The predicted molar refractivity (Wildman–Crippen MR) is 284 cm³/mol. The molecule has 0 radical (unpaired) electrons. The normalized spacial score (nSPS) is 11.9. The van der Waals surface area contributed by atoms with Gasteiger partial charge in [0.25, 0.3) is 0 Å². The highest BCUT2D eigenvalue weighted by molar-refractivity contribution is 6.28. The van der Waals surface area contributed by atoms with Gasteiger partial charge in [-0.2, -0.15) is 0 Å². The Morgan fingerprint density at radius 1 is 0.152 bits per heavy atom. The Labute approximate surface area is 383 Å². The fourth-order valence-electron chi connectivity index (χ4n) is 11.2. The summed E-state index contributed by atoms with van der Waals surface area (Å²) in [7, 11) is 0. The van der Waals surface area contributed by atoms with Crippen molar-refractivity contribution in [3.05, 3.63) is 243 Å². The van der Waals surface area contributed by atoms with Gasteiger partial charge in [-0.25, -0.2) is 0 Å². The first-order valence-electron chi connectivity index (χ1n) is 23.0. The second-order valence-electron chi connectivity index (χ2n) is 18.0. The van der Waals surface area contributed by atoms with Crippen LogP contribution in [0.3, 0.4) is 0 Å². The summed E-state index contributed by atoms with van der Waals surface area (Å²) in [6, 6.07) is 90.3. The van der Waals surface area contributed by atoms with E-state index in [1.807, 2.05) is 0 Å². The zero-order valence-corrected chi connectivity index (χ0v) is 36.1. The summed E-state index contributed by atoms with van der Waals surface area (Å²) in [6.07, 6.45) is 0. The van der Waals surface area contributed by atoms with E-state index in [2.05, 4.69) is 243 Å². The Balaban J connectivity index is 0.772. The quantitative estimate of drug-likeness (QED) is 0.146. The monoisotopic (exact) mass is 832 g/mol. The molecule has 0 bridgehead atoms. The Bertz CT molecular complexity index is 4150. The molecule has 0 saturated heterocycles. The van der Waals surface area contributed by atoms with Crippen LogP contribution in [-0.4, -0.2) is 0 Å². The number of rotatable bonds is 6. The SMILES string of the molecule is c1cc(-c2ccc(-c3ccc4ccc5cccc6ccc3c4c56)cc2)cc(-c2ccc(-c3ccc4ccc5c(-c6ccc(-c7cccc8ccccc78)cc6)ccc6ccc3c4c65)cc2)c1. The van der Waals surface area contributed by atoms with Gasteiger partial charge in [-0.3, -0.25) is 0 Å². The highest BCUT2D eigenvalue weighted by atomic mass is 14.2. The number of hydrogen-bond acceptors (Lipinski definition) is 0. The van der Waals surface area contributed by atoms with Gasteiger partial charge in [0, 0.05) is 0 Å². The Morgan fingerprint density at radius 3 is 0.955 bits per heavy atom. The number of fused-ring (bicyclic) bond motifs is 1. The molecule has 0 aromatic heterocycles. The van der Waals surface area contributed by atoms with Gasteiger partial charge in [-0.05, 0) is 148 Å². The van der Waals surface area contributed by atoms with Crippen LogP contribution in [0.4, 0.5) is 0 Å². The second kappa shape index (κ2) is 14.5. The molecule has 14 aromatic rings. The molecule has 0 heteroatoms. The highest BCUT2D eigenvalue weighted by Gasteiger charge is 2.17. The van der Waals surface area contributed by atoms with E-state index in [9.17, 15) is 0 Å². The lowest BCUT2D eigenvalue weighted by molar-refractivity contribution is 1.58. The zero-order chi connectivity index (χ0) is 43.3. The minimum atomic E-state index is 1.21. The molecule has 0 N–H and O–H groups in total. The topological polar surface area (TPSA) is 0 Å². The van der Waals surface area contributed by atoms with Crippen LogP contribution in [0.5, 0.6) is 0 Å². The molecule has 66 heavy (non-hydrogen) atoms. The zero-order valence-electron chi connectivity index (χ0n) is 36.1. The minimum Gasteiger partial charge on any atom is -0.0616 e. The molecule has 0 atom stereocenters. The van der Waals surface area contributed by atoms with Crippen molar-refractivity contribution in [3.63, 3.8) is 0 Å². The third-order valence-corrected chi connectivity index (χ3v) is 14.4. The van der Waals surface area contributed by atoms with Crippen LogP contribution >= 0.6 is 0 Å². The van der Waals surface area contributed by atoms with Gasteiger partial charge < -0.3 is 0 Å². The molecule has 0 aliphatic rings. The first-order chi connectivity index (χ1) is 32.7. The summed E-state index contributed by atoms with van der Waals surface area (Å²) in [5.74, 6) is 0. The van der Waals surface area contributed by atoms with E-state index in [1.165, 1.54) is 142 Å². The first-order valence-corrected chi connectivity index (χ1v) is 23.0. The van der Waals surface area contributed by atoms with Crippen LogP contribution in [0.2, 0.25) is 0 Å². The maximum atomic E-state index is 2.32. The molecule has 0 saturated carbocycles. The van der Waals surface area contributed by atoms with Crippen LogP contribution in [0.25, 0.3) is 142 Å². The summed E-state index contributed by atoms with van der Waals surface area (Å²) in [5, 5.41) is 18.2. The Morgan fingerprint density at radius 2 is 0.470 bits per heavy atom. The van der Waals surface area contributed by atoms with Crippen LogP contribution < -0.4 is 0 Å². The lowest BCUT2D eigenvalue weighted by Crippen LogP contribution is -1.90. The summed E-state index contributed by atoms with van der Waals surface area (Å²) < 4.78 is 0. The molecule has 0 spiro atoms. The van der Waals surface area contributed by atoms with Gasteiger partial charge in [-0.15, -0.1) is 0 Å². The van der Waals surface area contributed by atoms with E-state index in [-0.39, 0.29) is 0 Å². The van der Waals surface area contributed by atoms with Crippen molar-refractivity contribution in [2.24, 2.45) is 0 Å². The van der Waals surface area contributed by atoms with Crippen molar-refractivity contribution in [3.8, 4) is 66.8 Å². The molecule has 0 fully saturated rings. The summed E-state index contributed by atoms with van der Waals surface area (Å²) in [6.45, 7) is 0. The smallest absolute Gasteiger partial charge is 0.00203 e. The largest absolute Gasteiger partial charge is 0.0616 e. The summed E-state index contributed by atoms with van der Waals surface area (Å²) >= 11 is 0. The number of benzene rings is 14. The van der Waals surface area contributed by atoms with E-state index in [4.69, 9.17) is 0 Å². The van der Waals surface area contributed by atoms with Crippen LogP contribution in [-0.2, 0) is 0 Å². The van der Waals surface area contributed by atoms with Gasteiger partial charge in [0.15, 0.2) is 0 Å². The molecule has 0 heterocycles. The number of hydrogen-bond donors (Lipinski definition) is 0. The molecule has 0 aliphatic carbocycles. The predicted octanol–water partition coefficient (Wildman–Crippen LogP) is 18.6. The van der Waals surface area contributed by atoms with E-state index in [0.717, 1.165) is 0 Å². The van der Waals surface area contributed by atoms with Crippen LogP contribution in [0.15, 0.2) is 243 Å². The third-order valence-electron chi connectivity index (χ3n) is 14.4. The first kappa shape index (κ1) is 36.9. The maximum absolute atomic E-state index is 2.32. The fraction of sp³-hybridized carbons (Fsp3) is 0. The minimum absolute atomic E-state index is 1.21. The van der Waals surface area contributed by atoms with E-state index in [1.54, 1.807) is 0 Å². The summed E-state index contributed by atoms with van der Waals surface area (Å²) in [4.78, 5) is 0. The van der Waals surface area contributed by atoms with E-state index >= 15 is 0 Å². The molecule has 0 unspecified atom stereocenters. The average Bonchev–Trinajstić information content (AvgIpc) is 3.39. The molecule has 304 valence electrons. The maximum Gasteiger partial charge on any atom is -0.00203 e. The molecular formula is C66H40. The van der Waals surface area contributed by atoms with Crippen molar-refractivity contribution in [2.45, 2.75) is 0 Å². The lowest BCUT2D eigenvalue weighted by atomic mass is 9.87. The van der Waals surface area contributed by atoms with Crippen molar-refractivity contribution in [1.29, 1.82) is 0 Å². The van der Waals surface area contributed by atoms with Crippen molar-refractivity contribution in [1.82, 2.24) is 0 Å². The summed E-state index contributed by atoms with van der Waals surface area (Å²) in [5.41, 5.74) is 14.8. The van der Waals surface area contributed by atoms with Crippen LogP contribution in [0.1, 0.15) is 0 Å². The molecule has 14 aromatic carbocycles. The molecule has 0 amide bonds. The van der Waals surface area contributed by atoms with Gasteiger partial charge in [0.1, 0.15) is 0 Å². The second-order valence-corrected chi connectivity index (χ2v) is 18.0. The molecular weight excluding hydrogens is 793 g/mol. The molecule has 0 nitrogen and oxygen atoms in total. The van der Waals surface area contributed by atoms with Crippen molar-refractivity contribution in [2.75, 3.05) is 0 Å². The van der Waals surface area contributed by atoms with Gasteiger partial charge >= 0.3 is 0 Å². The van der Waals surface area contributed by atoms with Crippen LogP contribution in [0, 0.1) is 0 Å². The Kier molecular flexibility index (Phi) is 8.08. The highest BCUT2D eigenvalue weighted by Crippen LogP contribution is 2.44. The molecule has 0 aliphatic heterocycles. The molecule has 14 rings (SSSR count). The van der Waals surface area contributed by atoms with Gasteiger partial charge in [0.05, 0.1) is 0 Å². The average molecular weight is 833 g/mol. The van der Waals surface area contributed by atoms with E-state index in [0.29, 0.717) is 0 Å². The Hall–Kier alpha value is -8.58. The van der Waals surface area contributed by atoms with E-state index < -0.39 is 0 Å². The van der Waals surface area contributed by atoms with Gasteiger partial charge in [-0.1, -0.05) is 237 Å². The third kappa shape index (κ3) is 5.72. The van der Waals surface area contributed by atoms with Gasteiger partial charge in [0.2, 0.25) is 0 Å². The standard InChI is InChI=1S/C66H40/c1-2-12-55-43(6-1)7-5-13-56(55)44-22-24-47(25-23-44)59-36-30-52-32-38-61-58(35-29-51-33-39-62(59)66(52)65(51)61)46-20-16-42(17-21-46)54-11-4-10-53(40-54)41-14-18-45(19-15-41)57-34-28-50-27-26-48-8-3-9-49-31-37-60(57)64(50)63(48)49/h1-40H. The van der Waals surface area contributed by atoms with Crippen molar-refractivity contribution < 1.29 is 0 Å². The van der Waals surface area contributed by atoms with Crippen molar-refractivity contribution >= 4 is 75.4 Å². The fourth-order valence-corrected chi connectivity index (χ4v) is 11.2. The lowest BCUT2D eigenvalue weighted by Gasteiger charge is -2.17.